The Labute approximate surface area is 192 Å². The summed E-state index contributed by atoms with van der Waals surface area (Å²) in [6, 6.07) is 13.6. The van der Waals surface area contributed by atoms with E-state index in [0.717, 1.165) is 29.4 Å². The van der Waals surface area contributed by atoms with E-state index in [-0.39, 0.29) is 17.0 Å². The van der Waals surface area contributed by atoms with E-state index in [2.05, 4.69) is 20.1 Å². The molecule has 0 unspecified atom stereocenters. The van der Waals surface area contributed by atoms with Crippen LogP contribution in [0.3, 0.4) is 0 Å². The third-order valence-corrected chi connectivity index (χ3v) is 6.57. The quantitative estimate of drug-likeness (QED) is 0.396. The van der Waals surface area contributed by atoms with Gasteiger partial charge in [-0.1, -0.05) is 54.9 Å². The van der Waals surface area contributed by atoms with Crippen LogP contribution >= 0.6 is 11.8 Å². The van der Waals surface area contributed by atoms with Gasteiger partial charge in [0.15, 0.2) is 5.16 Å². The van der Waals surface area contributed by atoms with Gasteiger partial charge >= 0.3 is 0 Å². The Kier molecular flexibility index (Phi) is 7.42. The van der Waals surface area contributed by atoms with Crippen LogP contribution in [-0.2, 0) is 13.0 Å². The van der Waals surface area contributed by atoms with Gasteiger partial charge in [0.2, 0.25) is 0 Å². The van der Waals surface area contributed by atoms with E-state index in [0.29, 0.717) is 19.1 Å². The number of carbonyl (C=O) groups excluding carboxylic acids is 1. The molecule has 1 aliphatic rings. The molecule has 7 nitrogen and oxygen atoms in total. The molecule has 168 valence electrons. The summed E-state index contributed by atoms with van der Waals surface area (Å²) in [6.45, 7) is 0.924. The molecule has 2 aromatic heterocycles. The molecule has 0 saturated heterocycles. The van der Waals surface area contributed by atoms with Gasteiger partial charge < -0.3 is 14.5 Å². The molecule has 4 rings (SSSR count). The van der Waals surface area contributed by atoms with Crippen LogP contribution < -0.4 is 10.9 Å². The van der Waals surface area contributed by atoms with Crippen LogP contribution in [-0.4, -0.2) is 38.0 Å². The highest BCUT2D eigenvalue weighted by atomic mass is 32.2. The van der Waals surface area contributed by atoms with E-state index in [4.69, 9.17) is 0 Å². The van der Waals surface area contributed by atoms with E-state index in [1.165, 1.54) is 25.7 Å². The summed E-state index contributed by atoms with van der Waals surface area (Å²) in [5, 5.41) is 12.6. The van der Waals surface area contributed by atoms with Crippen molar-refractivity contribution in [2.45, 2.75) is 56.3 Å². The first-order valence-corrected chi connectivity index (χ1v) is 12.4. The lowest BCUT2D eigenvalue weighted by Gasteiger charge is -2.16. The number of hydrogen-bond donors (Lipinski definition) is 1. The van der Waals surface area contributed by atoms with Crippen molar-refractivity contribution in [1.82, 2.24) is 24.6 Å². The minimum absolute atomic E-state index is 0.169. The standard InChI is InChI=1S/C24H29N5O2S/c1-32-24-27-26-21(29(24)19-11-5-6-12-19)14-7-15-25-22(30)20-13-8-16-28(23(20)31)17-18-9-3-2-4-10-18/h2-4,8-10,13,16,19H,5-7,11-12,14-15,17H2,1H3,(H,25,30). The third-order valence-electron chi connectivity index (χ3n) is 5.93. The summed E-state index contributed by atoms with van der Waals surface area (Å²) < 4.78 is 3.86. The number of amides is 1. The summed E-state index contributed by atoms with van der Waals surface area (Å²) in [6.07, 6.45) is 10.1. The highest BCUT2D eigenvalue weighted by molar-refractivity contribution is 7.98. The number of carbonyl (C=O) groups is 1. The number of thioether (sulfide) groups is 1. The average molecular weight is 452 g/mol. The van der Waals surface area contributed by atoms with Gasteiger partial charge in [0, 0.05) is 25.2 Å². The minimum atomic E-state index is -0.334. The topological polar surface area (TPSA) is 81.8 Å². The van der Waals surface area contributed by atoms with E-state index >= 15 is 0 Å². The maximum absolute atomic E-state index is 12.8. The average Bonchev–Trinajstić information content (AvgIpc) is 3.48. The molecule has 32 heavy (non-hydrogen) atoms. The van der Waals surface area contributed by atoms with Crippen LogP contribution in [0.25, 0.3) is 0 Å². The molecule has 0 spiro atoms. The van der Waals surface area contributed by atoms with Crippen LogP contribution in [0.4, 0.5) is 0 Å². The van der Waals surface area contributed by atoms with Crippen LogP contribution in [0.1, 0.15) is 59.9 Å². The van der Waals surface area contributed by atoms with Gasteiger partial charge in [0.25, 0.3) is 11.5 Å². The third kappa shape index (κ3) is 5.12. The number of aromatic nitrogens is 4. The molecule has 1 saturated carbocycles. The van der Waals surface area contributed by atoms with Crippen LogP contribution in [0, 0.1) is 0 Å². The summed E-state index contributed by atoms with van der Waals surface area (Å²) in [5.74, 6) is 0.653. The number of pyridine rings is 1. The van der Waals surface area contributed by atoms with Gasteiger partial charge in [-0.15, -0.1) is 10.2 Å². The zero-order chi connectivity index (χ0) is 22.3. The Hall–Kier alpha value is -2.87. The maximum Gasteiger partial charge on any atom is 0.263 e. The zero-order valence-corrected chi connectivity index (χ0v) is 19.2. The van der Waals surface area contributed by atoms with Crippen molar-refractivity contribution in [2.75, 3.05) is 12.8 Å². The molecule has 0 atom stereocenters. The van der Waals surface area contributed by atoms with Gasteiger partial charge in [0.05, 0.1) is 6.54 Å². The number of aryl methyl sites for hydroxylation is 1. The molecule has 0 aliphatic heterocycles. The predicted octanol–water partition coefficient (Wildman–Crippen LogP) is 3.69. The van der Waals surface area contributed by atoms with E-state index in [1.54, 1.807) is 34.7 Å². The molecule has 0 bridgehead atoms. The summed E-state index contributed by atoms with van der Waals surface area (Å²) in [5.41, 5.74) is 0.907. The van der Waals surface area contributed by atoms with Crippen molar-refractivity contribution in [3.63, 3.8) is 0 Å². The van der Waals surface area contributed by atoms with Crippen LogP contribution in [0.2, 0.25) is 0 Å². The van der Waals surface area contributed by atoms with Gasteiger partial charge in [-0.2, -0.15) is 0 Å². The second-order valence-corrected chi connectivity index (χ2v) is 8.88. The monoisotopic (exact) mass is 451 g/mol. The van der Waals surface area contributed by atoms with E-state index in [9.17, 15) is 9.59 Å². The molecular formula is C24H29N5O2S. The summed E-state index contributed by atoms with van der Waals surface area (Å²) in [4.78, 5) is 25.4. The smallest absolute Gasteiger partial charge is 0.263 e. The fraction of sp³-hybridized carbons (Fsp3) is 0.417. The van der Waals surface area contributed by atoms with Gasteiger partial charge in [-0.05, 0) is 43.2 Å². The number of nitrogens with zero attached hydrogens (tertiary/aromatic N) is 4. The molecule has 2 heterocycles. The second-order valence-electron chi connectivity index (χ2n) is 8.11. The molecule has 3 aromatic rings. The number of rotatable bonds is 9. The SMILES string of the molecule is CSc1nnc(CCCNC(=O)c2cccn(Cc3ccccc3)c2=O)n1C1CCCC1. The molecule has 8 heteroatoms. The van der Waals surface area contributed by atoms with Gasteiger partial charge in [-0.25, -0.2) is 0 Å². The fourth-order valence-electron chi connectivity index (χ4n) is 4.30. The normalized spacial score (nSPS) is 14.0. The summed E-state index contributed by atoms with van der Waals surface area (Å²) >= 11 is 1.63. The molecule has 1 fully saturated rings. The second kappa shape index (κ2) is 10.6. The first kappa shape index (κ1) is 22.3. The predicted molar refractivity (Wildman–Crippen MR) is 126 cm³/mol. The lowest BCUT2D eigenvalue weighted by molar-refractivity contribution is 0.0951. The molecular weight excluding hydrogens is 422 g/mol. The first-order valence-electron chi connectivity index (χ1n) is 11.2. The molecule has 1 aromatic carbocycles. The van der Waals surface area contributed by atoms with Crippen molar-refractivity contribution in [3.05, 3.63) is 76.0 Å². The van der Waals surface area contributed by atoms with Crippen molar-refractivity contribution >= 4 is 17.7 Å². The molecule has 1 amide bonds. The Morgan fingerprint density at radius 2 is 1.91 bits per heavy atom. The van der Waals surface area contributed by atoms with Crippen molar-refractivity contribution in [3.8, 4) is 0 Å². The molecule has 0 radical (unpaired) electrons. The molecule has 1 aliphatic carbocycles. The highest BCUT2D eigenvalue weighted by Crippen LogP contribution is 2.33. The van der Waals surface area contributed by atoms with Crippen LogP contribution in [0.5, 0.6) is 0 Å². The Bertz CT molecular complexity index is 1100. The minimum Gasteiger partial charge on any atom is -0.352 e. The van der Waals surface area contributed by atoms with Crippen molar-refractivity contribution in [2.24, 2.45) is 0 Å². The summed E-state index contributed by atoms with van der Waals surface area (Å²) in [7, 11) is 0. The van der Waals surface area contributed by atoms with E-state index in [1.807, 2.05) is 36.6 Å². The largest absolute Gasteiger partial charge is 0.352 e. The van der Waals surface area contributed by atoms with Crippen molar-refractivity contribution in [1.29, 1.82) is 0 Å². The van der Waals surface area contributed by atoms with Crippen LogP contribution in [0.15, 0.2) is 58.6 Å². The number of hydrogen-bond acceptors (Lipinski definition) is 5. The Balaban J connectivity index is 1.35. The lowest BCUT2D eigenvalue weighted by atomic mass is 10.2. The Morgan fingerprint density at radius 3 is 2.66 bits per heavy atom. The maximum atomic E-state index is 12.8. The number of nitrogens with one attached hydrogen (secondary N) is 1. The zero-order valence-electron chi connectivity index (χ0n) is 18.4. The Morgan fingerprint density at radius 1 is 1.12 bits per heavy atom. The number of benzene rings is 1. The van der Waals surface area contributed by atoms with Gasteiger partial charge in [0.1, 0.15) is 11.4 Å². The highest BCUT2D eigenvalue weighted by Gasteiger charge is 2.23. The van der Waals surface area contributed by atoms with Gasteiger partial charge in [-0.3, -0.25) is 9.59 Å². The molecule has 1 N–H and O–H groups in total. The first-order chi connectivity index (χ1) is 15.7. The lowest BCUT2D eigenvalue weighted by Crippen LogP contribution is -2.33. The van der Waals surface area contributed by atoms with Crippen molar-refractivity contribution < 1.29 is 4.79 Å². The fourth-order valence-corrected chi connectivity index (χ4v) is 4.88. The van der Waals surface area contributed by atoms with E-state index < -0.39 is 0 Å².